The van der Waals surface area contributed by atoms with Gasteiger partial charge in [-0.1, -0.05) is 28.1 Å². The summed E-state index contributed by atoms with van der Waals surface area (Å²) in [5.74, 6) is -1.57. The second-order valence-corrected chi connectivity index (χ2v) is 9.28. The van der Waals surface area contributed by atoms with Crippen molar-refractivity contribution >= 4 is 27.6 Å². The highest BCUT2D eigenvalue weighted by Gasteiger charge is 2.37. The molecule has 0 spiro atoms. The molecule has 8 heteroatoms. The Bertz CT molecular complexity index is 955. The maximum atomic E-state index is 13.6. The van der Waals surface area contributed by atoms with E-state index < -0.39 is 29.3 Å². The van der Waals surface area contributed by atoms with Gasteiger partial charge in [-0.15, -0.1) is 0 Å². The highest BCUT2D eigenvalue weighted by molar-refractivity contribution is 9.10. The summed E-state index contributed by atoms with van der Waals surface area (Å²) < 4.78 is 28.1. The molecule has 0 aliphatic heterocycles. The average Bonchev–Trinajstić information content (AvgIpc) is 2.72. The SMILES string of the molecule is CC(=O)NC(Cc1cc(F)cc(F)c1)C(O)CNC1(c2cccc(Br)c2)CCC(=O)CC1. The first kappa shape index (κ1) is 24.5. The summed E-state index contributed by atoms with van der Waals surface area (Å²) in [6.07, 6.45) is 1.11. The van der Waals surface area contributed by atoms with Crippen molar-refractivity contribution in [2.45, 2.75) is 56.7 Å². The van der Waals surface area contributed by atoms with Crippen LogP contribution in [0.5, 0.6) is 0 Å². The van der Waals surface area contributed by atoms with Crippen LogP contribution in [0.1, 0.15) is 43.7 Å². The van der Waals surface area contributed by atoms with E-state index in [0.717, 1.165) is 16.1 Å². The molecule has 1 aliphatic rings. The van der Waals surface area contributed by atoms with Crippen molar-refractivity contribution in [2.24, 2.45) is 0 Å². The Kier molecular flexibility index (Phi) is 8.14. The van der Waals surface area contributed by atoms with Crippen molar-refractivity contribution in [1.82, 2.24) is 10.6 Å². The van der Waals surface area contributed by atoms with E-state index >= 15 is 0 Å². The molecule has 2 aromatic carbocycles. The highest BCUT2D eigenvalue weighted by atomic mass is 79.9. The molecule has 0 radical (unpaired) electrons. The van der Waals surface area contributed by atoms with Crippen molar-refractivity contribution in [3.63, 3.8) is 0 Å². The first-order valence-electron chi connectivity index (χ1n) is 10.6. The number of nitrogens with one attached hydrogen (secondary N) is 2. The Labute approximate surface area is 194 Å². The first-order chi connectivity index (χ1) is 15.2. The maximum absolute atomic E-state index is 13.6. The van der Waals surface area contributed by atoms with E-state index in [4.69, 9.17) is 0 Å². The number of hydrogen-bond donors (Lipinski definition) is 3. The van der Waals surface area contributed by atoms with Gasteiger partial charge in [0.1, 0.15) is 17.4 Å². The predicted octanol–water partition coefficient (Wildman–Crippen LogP) is 3.76. The molecular weight excluding hydrogens is 482 g/mol. The monoisotopic (exact) mass is 508 g/mol. The standard InChI is InChI=1S/C24H27BrF2N2O3/c1-15(30)29-22(11-16-9-19(26)13-20(27)10-16)23(32)14-28-24(7-5-21(31)6-8-24)17-3-2-4-18(25)12-17/h2-4,9-10,12-13,22-23,28,32H,5-8,11,14H2,1H3,(H,29,30). The highest BCUT2D eigenvalue weighted by Crippen LogP contribution is 2.37. The summed E-state index contributed by atoms with van der Waals surface area (Å²) in [5.41, 5.74) is 0.852. The van der Waals surface area contributed by atoms with E-state index in [-0.39, 0.29) is 24.7 Å². The van der Waals surface area contributed by atoms with E-state index in [1.807, 2.05) is 24.3 Å². The number of rotatable bonds is 8. The van der Waals surface area contributed by atoms with Crippen LogP contribution < -0.4 is 10.6 Å². The van der Waals surface area contributed by atoms with E-state index in [1.165, 1.54) is 19.1 Å². The Hall–Kier alpha value is -2.16. The third-order valence-corrected chi connectivity index (χ3v) is 6.41. The topological polar surface area (TPSA) is 78.4 Å². The zero-order chi connectivity index (χ0) is 23.3. The number of halogens is 3. The molecule has 3 rings (SSSR count). The number of benzene rings is 2. The number of aliphatic hydroxyl groups is 1. The molecule has 2 atom stereocenters. The van der Waals surface area contributed by atoms with Crippen LogP contribution in [-0.2, 0) is 21.5 Å². The van der Waals surface area contributed by atoms with E-state index in [0.29, 0.717) is 31.2 Å². The molecule has 2 aromatic rings. The number of aliphatic hydroxyl groups excluding tert-OH is 1. The average molecular weight is 509 g/mol. The minimum Gasteiger partial charge on any atom is -0.390 e. The summed E-state index contributed by atoms with van der Waals surface area (Å²) in [6.45, 7) is 1.46. The van der Waals surface area contributed by atoms with Crippen molar-refractivity contribution in [3.8, 4) is 0 Å². The van der Waals surface area contributed by atoms with Crippen LogP contribution in [0.15, 0.2) is 46.9 Å². The van der Waals surface area contributed by atoms with Crippen molar-refractivity contribution in [2.75, 3.05) is 6.54 Å². The molecule has 0 heterocycles. The fourth-order valence-corrected chi connectivity index (χ4v) is 4.68. The zero-order valence-electron chi connectivity index (χ0n) is 17.8. The second kappa shape index (κ2) is 10.6. The number of hydrogen-bond acceptors (Lipinski definition) is 4. The molecule has 1 saturated carbocycles. The van der Waals surface area contributed by atoms with Gasteiger partial charge in [0.2, 0.25) is 5.91 Å². The minimum atomic E-state index is -1.02. The number of amides is 1. The first-order valence-corrected chi connectivity index (χ1v) is 11.4. The van der Waals surface area contributed by atoms with Crippen molar-refractivity contribution in [1.29, 1.82) is 0 Å². The lowest BCUT2D eigenvalue weighted by Crippen LogP contribution is -2.53. The summed E-state index contributed by atoms with van der Waals surface area (Å²) in [6, 6.07) is 10.2. The van der Waals surface area contributed by atoms with Crippen LogP contribution in [0, 0.1) is 11.6 Å². The second-order valence-electron chi connectivity index (χ2n) is 8.37. The van der Waals surface area contributed by atoms with Gasteiger partial charge in [0.25, 0.3) is 0 Å². The van der Waals surface area contributed by atoms with Crippen LogP contribution in [-0.4, -0.2) is 35.5 Å². The van der Waals surface area contributed by atoms with Gasteiger partial charge in [0.15, 0.2) is 0 Å². The molecule has 172 valence electrons. The smallest absolute Gasteiger partial charge is 0.217 e. The van der Waals surface area contributed by atoms with Gasteiger partial charge in [-0.3, -0.25) is 9.59 Å². The van der Waals surface area contributed by atoms with E-state index in [9.17, 15) is 23.5 Å². The fraction of sp³-hybridized carbons (Fsp3) is 0.417. The summed E-state index contributed by atoms with van der Waals surface area (Å²) in [5, 5.41) is 17.0. The van der Waals surface area contributed by atoms with E-state index in [1.54, 1.807) is 0 Å². The Morgan fingerprint density at radius 1 is 1.16 bits per heavy atom. The lowest BCUT2D eigenvalue weighted by Gasteiger charge is -2.40. The van der Waals surface area contributed by atoms with Crippen LogP contribution in [0.4, 0.5) is 8.78 Å². The summed E-state index contributed by atoms with van der Waals surface area (Å²) in [4.78, 5) is 23.6. The zero-order valence-corrected chi connectivity index (χ0v) is 19.4. The third kappa shape index (κ3) is 6.43. The van der Waals surface area contributed by atoms with Gasteiger partial charge in [-0.2, -0.15) is 0 Å². The molecule has 1 aliphatic carbocycles. The molecule has 5 nitrogen and oxygen atoms in total. The predicted molar refractivity (Wildman–Crippen MR) is 121 cm³/mol. The van der Waals surface area contributed by atoms with Gasteiger partial charge in [-0.05, 0) is 54.7 Å². The lowest BCUT2D eigenvalue weighted by molar-refractivity contribution is -0.122. The third-order valence-electron chi connectivity index (χ3n) is 5.92. The van der Waals surface area contributed by atoms with Crippen LogP contribution >= 0.6 is 15.9 Å². The van der Waals surface area contributed by atoms with Gasteiger partial charge < -0.3 is 15.7 Å². The van der Waals surface area contributed by atoms with Gasteiger partial charge >= 0.3 is 0 Å². The molecule has 0 aromatic heterocycles. The number of carbonyl (C=O) groups excluding carboxylic acids is 2. The van der Waals surface area contributed by atoms with Crippen LogP contribution in [0.2, 0.25) is 0 Å². The number of ketones is 1. The minimum absolute atomic E-state index is 0.0689. The van der Waals surface area contributed by atoms with Gasteiger partial charge in [0, 0.05) is 42.4 Å². The number of Topliss-reactive ketones (excluding diaryl/α,β-unsaturated/α-hetero) is 1. The Balaban J connectivity index is 1.78. The molecule has 0 bridgehead atoms. The molecule has 2 unspecified atom stereocenters. The van der Waals surface area contributed by atoms with Crippen LogP contribution in [0.25, 0.3) is 0 Å². The summed E-state index contributed by atoms with van der Waals surface area (Å²) in [7, 11) is 0. The Morgan fingerprint density at radius 2 is 1.81 bits per heavy atom. The largest absolute Gasteiger partial charge is 0.390 e. The molecule has 1 fully saturated rings. The molecule has 3 N–H and O–H groups in total. The molecule has 32 heavy (non-hydrogen) atoms. The molecule has 1 amide bonds. The normalized spacial score (nSPS) is 17.6. The lowest BCUT2D eigenvalue weighted by atomic mass is 9.76. The Morgan fingerprint density at radius 3 is 2.41 bits per heavy atom. The number of carbonyl (C=O) groups is 2. The van der Waals surface area contributed by atoms with Gasteiger partial charge in [0.05, 0.1) is 12.1 Å². The van der Waals surface area contributed by atoms with Crippen molar-refractivity contribution in [3.05, 3.63) is 69.7 Å². The quantitative estimate of drug-likeness (QED) is 0.507. The molecule has 0 saturated heterocycles. The summed E-state index contributed by atoms with van der Waals surface area (Å²) >= 11 is 3.49. The fourth-order valence-electron chi connectivity index (χ4n) is 4.28. The van der Waals surface area contributed by atoms with Crippen LogP contribution in [0.3, 0.4) is 0 Å². The maximum Gasteiger partial charge on any atom is 0.217 e. The molecular formula is C24H27BrF2N2O3. The van der Waals surface area contributed by atoms with Crippen molar-refractivity contribution < 1.29 is 23.5 Å². The van der Waals surface area contributed by atoms with Gasteiger partial charge in [-0.25, -0.2) is 8.78 Å². The van der Waals surface area contributed by atoms with E-state index in [2.05, 4.69) is 26.6 Å².